The number of aryl methyl sites for hydroxylation is 1. The van der Waals surface area contributed by atoms with Crippen LogP contribution in [0.25, 0.3) is 11.4 Å². The van der Waals surface area contributed by atoms with E-state index in [2.05, 4.69) is 44.3 Å². The number of β-amino-alcohol motifs (C(OH)–C–C–N with tert-alkyl or cyclic N) is 1. The van der Waals surface area contributed by atoms with Gasteiger partial charge in [-0.1, -0.05) is 35.5 Å². The van der Waals surface area contributed by atoms with E-state index in [-0.39, 0.29) is 12.1 Å². The summed E-state index contributed by atoms with van der Waals surface area (Å²) >= 11 is 0. The zero-order valence-electron chi connectivity index (χ0n) is 14.5. The summed E-state index contributed by atoms with van der Waals surface area (Å²) in [5, 5.41) is 14.2. The highest BCUT2D eigenvalue weighted by atomic mass is 16.5. The summed E-state index contributed by atoms with van der Waals surface area (Å²) < 4.78 is 5.50. The molecule has 3 heterocycles. The van der Waals surface area contributed by atoms with Crippen molar-refractivity contribution in [1.29, 1.82) is 0 Å². The molecule has 1 aliphatic heterocycles. The quantitative estimate of drug-likeness (QED) is 0.737. The second-order valence-corrected chi connectivity index (χ2v) is 6.69. The standard InChI is InChI=1S/C20H22N4O2/c25-17-12-18(20-22-19(23-26-20)16-9-4-10-21-13-16)24(14-17)11-5-8-15-6-2-1-3-7-15/h1-4,6-7,9-10,13,17-18,25H,5,8,11-12,14H2/t17-,18+/m1/s1. The lowest BCUT2D eigenvalue weighted by molar-refractivity contribution is 0.172. The summed E-state index contributed by atoms with van der Waals surface area (Å²) in [7, 11) is 0. The topological polar surface area (TPSA) is 75.3 Å². The Morgan fingerprint density at radius 1 is 1.15 bits per heavy atom. The number of nitrogens with zero attached hydrogens (tertiary/aromatic N) is 4. The molecule has 0 spiro atoms. The molecule has 2 atom stereocenters. The Morgan fingerprint density at radius 2 is 2.04 bits per heavy atom. The van der Waals surface area contributed by atoms with E-state index < -0.39 is 0 Å². The molecule has 0 aliphatic carbocycles. The van der Waals surface area contributed by atoms with Crippen LogP contribution in [-0.2, 0) is 6.42 Å². The third-order valence-electron chi connectivity index (χ3n) is 4.78. The van der Waals surface area contributed by atoms with Crippen molar-refractivity contribution in [3.05, 3.63) is 66.3 Å². The lowest BCUT2D eigenvalue weighted by Gasteiger charge is -2.20. The number of pyridine rings is 1. The molecular formula is C20H22N4O2. The molecule has 2 aromatic heterocycles. The number of aliphatic hydroxyl groups is 1. The normalized spacial score (nSPS) is 20.5. The van der Waals surface area contributed by atoms with Gasteiger partial charge in [0.15, 0.2) is 0 Å². The first-order chi connectivity index (χ1) is 12.8. The Kier molecular flexibility index (Phi) is 5.04. The number of rotatable bonds is 6. The minimum Gasteiger partial charge on any atom is -0.392 e. The van der Waals surface area contributed by atoms with Crippen molar-refractivity contribution < 1.29 is 9.63 Å². The molecule has 0 bridgehead atoms. The van der Waals surface area contributed by atoms with Gasteiger partial charge < -0.3 is 9.63 Å². The average Bonchev–Trinajstić information content (AvgIpc) is 3.30. The van der Waals surface area contributed by atoms with Gasteiger partial charge in [0.1, 0.15) is 0 Å². The smallest absolute Gasteiger partial charge is 0.244 e. The highest BCUT2D eigenvalue weighted by molar-refractivity contribution is 5.51. The molecular weight excluding hydrogens is 328 g/mol. The van der Waals surface area contributed by atoms with Crippen LogP contribution in [0, 0.1) is 0 Å². The number of aliphatic hydroxyl groups excluding tert-OH is 1. The number of hydrogen-bond donors (Lipinski definition) is 1. The predicted molar refractivity (Wildman–Crippen MR) is 97.2 cm³/mol. The van der Waals surface area contributed by atoms with Crippen LogP contribution in [-0.4, -0.2) is 44.3 Å². The summed E-state index contributed by atoms with van der Waals surface area (Å²) in [5.41, 5.74) is 2.16. The van der Waals surface area contributed by atoms with Crippen LogP contribution in [0.4, 0.5) is 0 Å². The molecule has 1 fully saturated rings. The van der Waals surface area contributed by atoms with Crippen molar-refractivity contribution in [1.82, 2.24) is 20.0 Å². The molecule has 1 N–H and O–H groups in total. The summed E-state index contributed by atoms with van der Waals surface area (Å²) in [4.78, 5) is 10.9. The van der Waals surface area contributed by atoms with Crippen molar-refractivity contribution in [3.8, 4) is 11.4 Å². The lowest BCUT2D eigenvalue weighted by atomic mass is 10.1. The second kappa shape index (κ2) is 7.76. The monoisotopic (exact) mass is 350 g/mol. The lowest BCUT2D eigenvalue weighted by Crippen LogP contribution is -2.26. The molecule has 3 aromatic rings. The summed E-state index contributed by atoms with van der Waals surface area (Å²) in [6.07, 6.45) is 5.74. The minimum atomic E-state index is -0.356. The van der Waals surface area contributed by atoms with E-state index in [1.54, 1.807) is 12.4 Å². The number of benzene rings is 1. The molecule has 26 heavy (non-hydrogen) atoms. The molecule has 1 aromatic carbocycles. The van der Waals surface area contributed by atoms with Gasteiger partial charge >= 0.3 is 0 Å². The fourth-order valence-electron chi connectivity index (χ4n) is 3.50. The Balaban J connectivity index is 1.42. The third-order valence-corrected chi connectivity index (χ3v) is 4.78. The van der Waals surface area contributed by atoms with Gasteiger partial charge in [0.05, 0.1) is 12.1 Å². The number of aromatic nitrogens is 3. The highest BCUT2D eigenvalue weighted by Gasteiger charge is 2.35. The maximum Gasteiger partial charge on any atom is 0.244 e. The Labute approximate surface area is 152 Å². The largest absolute Gasteiger partial charge is 0.392 e. The van der Waals surface area contributed by atoms with Crippen LogP contribution in [0.15, 0.2) is 59.4 Å². The number of hydrogen-bond acceptors (Lipinski definition) is 6. The number of likely N-dealkylation sites (tertiary alicyclic amines) is 1. The molecule has 0 unspecified atom stereocenters. The zero-order valence-corrected chi connectivity index (χ0v) is 14.5. The minimum absolute atomic E-state index is 0.0290. The van der Waals surface area contributed by atoms with E-state index in [0.717, 1.165) is 24.9 Å². The van der Waals surface area contributed by atoms with Gasteiger partial charge in [-0.25, -0.2) is 0 Å². The zero-order chi connectivity index (χ0) is 17.8. The molecule has 0 radical (unpaired) electrons. The van der Waals surface area contributed by atoms with E-state index in [4.69, 9.17) is 4.52 Å². The van der Waals surface area contributed by atoms with Crippen LogP contribution < -0.4 is 0 Å². The Bertz CT molecular complexity index is 822. The van der Waals surface area contributed by atoms with Crippen LogP contribution in [0.2, 0.25) is 0 Å². The summed E-state index contributed by atoms with van der Waals surface area (Å²) in [5.74, 6) is 1.11. The van der Waals surface area contributed by atoms with E-state index in [1.165, 1.54) is 5.56 Å². The van der Waals surface area contributed by atoms with Crippen molar-refractivity contribution in [3.63, 3.8) is 0 Å². The molecule has 6 heteroatoms. The van der Waals surface area contributed by atoms with Crippen molar-refractivity contribution in [2.45, 2.75) is 31.4 Å². The SMILES string of the molecule is O[C@@H]1C[C@@H](c2nc(-c3cccnc3)no2)N(CCCc2ccccc2)C1. The van der Waals surface area contributed by atoms with Gasteiger partial charge in [-0.15, -0.1) is 0 Å². The third kappa shape index (κ3) is 3.81. The maximum absolute atomic E-state index is 10.1. The summed E-state index contributed by atoms with van der Waals surface area (Å²) in [6, 6.07) is 14.2. The fraction of sp³-hybridized carbons (Fsp3) is 0.350. The molecule has 0 saturated carbocycles. The van der Waals surface area contributed by atoms with E-state index in [9.17, 15) is 5.11 Å². The Hall–Kier alpha value is -2.57. The molecule has 0 amide bonds. The molecule has 1 saturated heterocycles. The van der Waals surface area contributed by atoms with Gasteiger partial charge in [-0.05, 0) is 43.5 Å². The first-order valence-electron chi connectivity index (χ1n) is 8.99. The Morgan fingerprint density at radius 3 is 2.85 bits per heavy atom. The van der Waals surface area contributed by atoms with Gasteiger partial charge in [0.2, 0.25) is 11.7 Å². The fourth-order valence-corrected chi connectivity index (χ4v) is 3.50. The van der Waals surface area contributed by atoms with Crippen LogP contribution in [0.1, 0.15) is 30.3 Å². The van der Waals surface area contributed by atoms with E-state index in [0.29, 0.717) is 24.7 Å². The van der Waals surface area contributed by atoms with Gasteiger partial charge in [0, 0.05) is 24.5 Å². The van der Waals surface area contributed by atoms with Crippen LogP contribution >= 0.6 is 0 Å². The van der Waals surface area contributed by atoms with E-state index >= 15 is 0 Å². The van der Waals surface area contributed by atoms with Crippen molar-refractivity contribution >= 4 is 0 Å². The highest BCUT2D eigenvalue weighted by Crippen LogP contribution is 2.32. The van der Waals surface area contributed by atoms with E-state index in [1.807, 2.05) is 18.2 Å². The van der Waals surface area contributed by atoms with Crippen molar-refractivity contribution in [2.75, 3.05) is 13.1 Å². The van der Waals surface area contributed by atoms with Crippen LogP contribution in [0.3, 0.4) is 0 Å². The predicted octanol–water partition coefficient (Wildman–Crippen LogP) is 2.87. The molecule has 4 rings (SSSR count). The first kappa shape index (κ1) is 16.9. The van der Waals surface area contributed by atoms with Gasteiger partial charge in [0.25, 0.3) is 0 Å². The first-order valence-corrected chi connectivity index (χ1v) is 8.99. The maximum atomic E-state index is 10.1. The van der Waals surface area contributed by atoms with Crippen molar-refractivity contribution in [2.24, 2.45) is 0 Å². The average molecular weight is 350 g/mol. The van der Waals surface area contributed by atoms with Gasteiger partial charge in [-0.3, -0.25) is 9.88 Å². The molecule has 1 aliphatic rings. The van der Waals surface area contributed by atoms with Gasteiger partial charge in [-0.2, -0.15) is 4.98 Å². The molecule has 6 nitrogen and oxygen atoms in total. The second-order valence-electron chi connectivity index (χ2n) is 6.69. The molecule has 134 valence electrons. The summed E-state index contributed by atoms with van der Waals surface area (Å²) in [6.45, 7) is 1.53. The van der Waals surface area contributed by atoms with Crippen LogP contribution in [0.5, 0.6) is 0 Å².